The molecule has 1 fully saturated rings. The number of rotatable bonds is 2. The first kappa shape index (κ1) is 12.1. The molecule has 0 saturated carbocycles. The van der Waals surface area contributed by atoms with Gasteiger partial charge >= 0.3 is 0 Å². The number of carbonyl (C=O) groups excluding carboxylic acids is 1. The first-order valence-corrected chi connectivity index (χ1v) is 6.26. The van der Waals surface area contributed by atoms with E-state index in [2.05, 4.69) is 17.4 Å². The third kappa shape index (κ3) is 2.67. The number of carbonyl (C=O) groups is 1. The van der Waals surface area contributed by atoms with Crippen LogP contribution in [0.5, 0.6) is 0 Å². The van der Waals surface area contributed by atoms with E-state index in [1.54, 1.807) is 0 Å². The van der Waals surface area contributed by atoms with Crippen molar-refractivity contribution in [2.75, 3.05) is 19.6 Å². The van der Waals surface area contributed by atoms with Gasteiger partial charge in [-0.3, -0.25) is 4.79 Å². The van der Waals surface area contributed by atoms with Crippen LogP contribution in [0, 0.1) is 5.92 Å². The second-order valence-electron chi connectivity index (χ2n) is 4.82. The highest BCUT2D eigenvalue weighted by molar-refractivity contribution is 5.78. The van der Waals surface area contributed by atoms with E-state index in [9.17, 15) is 4.79 Å². The molecule has 1 aromatic carbocycles. The van der Waals surface area contributed by atoms with E-state index in [1.807, 2.05) is 36.9 Å². The Kier molecular flexibility index (Phi) is 3.79. The van der Waals surface area contributed by atoms with Gasteiger partial charge in [0.05, 0.1) is 6.04 Å². The minimum Gasteiger partial charge on any atom is -0.333 e. The third-order valence-electron chi connectivity index (χ3n) is 3.20. The van der Waals surface area contributed by atoms with Crippen LogP contribution in [-0.4, -0.2) is 30.4 Å². The summed E-state index contributed by atoms with van der Waals surface area (Å²) >= 11 is 0. The van der Waals surface area contributed by atoms with Crippen LogP contribution in [0.4, 0.5) is 0 Å². The maximum Gasteiger partial charge on any atom is 0.225 e. The van der Waals surface area contributed by atoms with Crippen LogP contribution in [0.3, 0.4) is 0 Å². The summed E-state index contributed by atoms with van der Waals surface area (Å²) in [6.07, 6.45) is 0. The van der Waals surface area contributed by atoms with E-state index in [1.165, 1.54) is 5.56 Å². The molecule has 0 radical (unpaired) electrons. The van der Waals surface area contributed by atoms with Crippen LogP contribution in [-0.2, 0) is 4.79 Å². The second kappa shape index (κ2) is 5.32. The quantitative estimate of drug-likeness (QED) is 0.843. The fourth-order valence-electron chi connectivity index (χ4n) is 2.27. The Hall–Kier alpha value is -1.35. The molecule has 1 heterocycles. The molecule has 0 bridgehead atoms. The fraction of sp³-hybridized carbons (Fsp3) is 0.500. The van der Waals surface area contributed by atoms with E-state index in [0.29, 0.717) is 0 Å². The Morgan fingerprint density at radius 2 is 2.06 bits per heavy atom. The number of nitrogens with one attached hydrogen (secondary N) is 1. The lowest BCUT2D eigenvalue weighted by Crippen LogP contribution is -2.49. The van der Waals surface area contributed by atoms with Gasteiger partial charge in [0.15, 0.2) is 0 Å². The molecule has 1 saturated heterocycles. The van der Waals surface area contributed by atoms with E-state index >= 15 is 0 Å². The van der Waals surface area contributed by atoms with Crippen molar-refractivity contribution in [1.82, 2.24) is 10.2 Å². The maximum atomic E-state index is 12.2. The van der Waals surface area contributed by atoms with Crippen molar-refractivity contribution in [2.24, 2.45) is 5.92 Å². The number of hydrogen-bond donors (Lipinski definition) is 1. The number of benzene rings is 1. The van der Waals surface area contributed by atoms with Crippen molar-refractivity contribution in [3.05, 3.63) is 35.9 Å². The van der Waals surface area contributed by atoms with Crippen molar-refractivity contribution in [1.29, 1.82) is 0 Å². The Labute approximate surface area is 103 Å². The van der Waals surface area contributed by atoms with Gasteiger partial charge in [0.1, 0.15) is 0 Å². The predicted octanol–water partition coefficient (Wildman–Crippen LogP) is 1.82. The topological polar surface area (TPSA) is 32.3 Å². The summed E-state index contributed by atoms with van der Waals surface area (Å²) in [5.41, 5.74) is 1.22. The van der Waals surface area contributed by atoms with Gasteiger partial charge in [0.2, 0.25) is 5.91 Å². The molecule has 1 atom stereocenters. The SMILES string of the molecule is CC(C)C(=O)N1CCNC[C@@H]1c1ccccc1. The molecule has 3 heteroatoms. The second-order valence-corrected chi connectivity index (χ2v) is 4.82. The van der Waals surface area contributed by atoms with Gasteiger partial charge in [0, 0.05) is 25.6 Å². The predicted molar refractivity (Wildman–Crippen MR) is 68.6 cm³/mol. The van der Waals surface area contributed by atoms with Crippen molar-refractivity contribution >= 4 is 5.91 Å². The number of piperazine rings is 1. The Morgan fingerprint density at radius 1 is 1.35 bits per heavy atom. The van der Waals surface area contributed by atoms with Gasteiger partial charge < -0.3 is 10.2 Å². The maximum absolute atomic E-state index is 12.2. The molecule has 0 unspecified atom stereocenters. The summed E-state index contributed by atoms with van der Waals surface area (Å²) < 4.78 is 0. The molecule has 0 aliphatic carbocycles. The van der Waals surface area contributed by atoms with Crippen LogP contribution in [0.15, 0.2) is 30.3 Å². The number of nitrogens with zero attached hydrogens (tertiary/aromatic N) is 1. The molecular weight excluding hydrogens is 212 g/mol. The first-order valence-electron chi connectivity index (χ1n) is 6.26. The average molecular weight is 232 g/mol. The Balaban J connectivity index is 2.21. The van der Waals surface area contributed by atoms with Crippen molar-refractivity contribution in [3.8, 4) is 0 Å². The normalized spacial score (nSPS) is 20.6. The zero-order valence-electron chi connectivity index (χ0n) is 10.5. The lowest BCUT2D eigenvalue weighted by atomic mass is 10.0. The standard InChI is InChI=1S/C14H20N2O/c1-11(2)14(17)16-9-8-15-10-13(16)12-6-4-3-5-7-12/h3-7,11,13,15H,8-10H2,1-2H3/t13-/m1/s1. The van der Waals surface area contributed by atoms with Gasteiger partial charge in [-0.15, -0.1) is 0 Å². The lowest BCUT2D eigenvalue weighted by molar-refractivity contribution is -0.137. The summed E-state index contributed by atoms with van der Waals surface area (Å²) in [7, 11) is 0. The highest BCUT2D eigenvalue weighted by Crippen LogP contribution is 2.23. The molecule has 1 aromatic rings. The van der Waals surface area contributed by atoms with Crippen LogP contribution in [0.2, 0.25) is 0 Å². The van der Waals surface area contributed by atoms with E-state index in [-0.39, 0.29) is 17.9 Å². The summed E-state index contributed by atoms with van der Waals surface area (Å²) in [6.45, 7) is 6.47. The minimum atomic E-state index is 0.0688. The molecule has 0 aromatic heterocycles. The number of hydrogen-bond acceptors (Lipinski definition) is 2. The van der Waals surface area contributed by atoms with Crippen molar-refractivity contribution in [3.63, 3.8) is 0 Å². The molecule has 1 N–H and O–H groups in total. The van der Waals surface area contributed by atoms with E-state index in [4.69, 9.17) is 0 Å². The van der Waals surface area contributed by atoms with E-state index in [0.717, 1.165) is 19.6 Å². The molecular formula is C14H20N2O. The molecule has 17 heavy (non-hydrogen) atoms. The zero-order valence-corrected chi connectivity index (χ0v) is 10.5. The monoisotopic (exact) mass is 232 g/mol. The average Bonchev–Trinajstić information content (AvgIpc) is 2.39. The van der Waals surface area contributed by atoms with Crippen LogP contribution >= 0.6 is 0 Å². The minimum absolute atomic E-state index is 0.0688. The molecule has 0 spiro atoms. The Morgan fingerprint density at radius 3 is 2.71 bits per heavy atom. The van der Waals surface area contributed by atoms with Crippen LogP contribution in [0.1, 0.15) is 25.5 Å². The van der Waals surface area contributed by atoms with Crippen molar-refractivity contribution < 1.29 is 4.79 Å². The molecule has 1 aliphatic heterocycles. The first-order chi connectivity index (χ1) is 8.20. The molecule has 3 nitrogen and oxygen atoms in total. The lowest BCUT2D eigenvalue weighted by Gasteiger charge is -2.37. The summed E-state index contributed by atoms with van der Waals surface area (Å²) in [5, 5.41) is 3.36. The van der Waals surface area contributed by atoms with Gasteiger partial charge in [-0.2, -0.15) is 0 Å². The summed E-state index contributed by atoms with van der Waals surface area (Å²) in [4.78, 5) is 14.2. The smallest absolute Gasteiger partial charge is 0.225 e. The van der Waals surface area contributed by atoms with Gasteiger partial charge in [-0.25, -0.2) is 0 Å². The highest BCUT2D eigenvalue weighted by Gasteiger charge is 2.28. The van der Waals surface area contributed by atoms with E-state index < -0.39 is 0 Å². The summed E-state index contributed by atoms with van der Waals surface area (Å²) in [6, 6.07) is 10.4. The molecule has 1 amide bonds. The number of amides is 1. The zero-order chi connectivity index (χ0) is 12.3. The summed E-state index contributed by atoms with van der Waals surface area (Å²) in [5.74, 6) is 0.319. The van der Waals surface area contributed by atoms with Gasteiger partial charge in [-0.05, 0) is 5.56 Å². The third-order valence-corrected chi connectivity index (χ3v) is 3.20. The van der Waals surface area contributed by atoms with Crippen LogP contribution < -0.4 is 5.32 Å². The largest absolute Gasteiger partial charge is 0.333 e. The van der Waals surface area contributed by atoms with Crippen LogP contribution in [0.25, 0.3) is 0 Å². The molecule has 2 rings (SSSR count). The Bertz CT molecular complexity index is 375. The highest BCUT2D eigenvalue weighted by atomic mass is 16.2. The molecule has 92 valence electrons. The van der Waals surface area contributed by atoms with Gasteiger partial charge in [0.25, 0.3) is 0 Å². The van der Waals surface area contributed by atoms with Gasteiger partial charge in [-0.1, -0.05) is 44.2 Å². The fourth-order valence-corrected chi connectivity index (χ4v) is 2.27. The van der Waals surface area contributed by atoms with Crippen molar-refractivity contribution in [2.45, 2.75) is 19.9 Å². The molecule has 1 aliphatic rings.